The van der Waals surface area contributed by atoms with Gasteiger partial charge in [0.2, 0.25) is 0 Å². The van der Waals surface area contributed by atoms with Crippen molar-refractivity contribution in [3.8, 4) is 0 Å². The van der Waals surface area contributed by atoms with Gasteiger partial charge in [-0.05, 0) is 52.9 Å². The molecule has 0 aliphatic carbocycles. The van der Waals surface area contributed by atoms with Gasteiger partial charge in [-0.1, -0.05) is 6.92 Å². The quantitative estimate of drug-likeness (QED) is 0.787. The summed E-state index contributed by atoms with van der Waals surface area (Å²) in [6.07, 6.45) is 4.04. The molecule has 4 nitrogen and oxygen atoms in total. The van der Waals surface area contributed by atoms with Crippen molar-refractivity contribution < 1.29 is 9.90 Å². The predicted molar refractivity (Wildman–Crippen MR) is 64.6 cm³/mol. The average Bonchev–Trinajstić information content (AvgIpc) is 2.43. The van der Waals surface area contributed by atoms with E-state index in [1.807, 2.05) is 14.0 Å². The van der Waals surface area contributed by atoms with Crippen LogP contribution >= 0.6 is 0 Å². The summed E-state index contributed by atoms with van der Waals surface area (Å²) >= 11 is 0. The lowest BCUT2D eigenvalue weighted by atomic mass is 10.0. The van der Waals surface area contributed by atoms with Crippen molar-refractivity contribution in [2.45, 2.75) is 44.7 Å². The largest absolute Gasteiger partial charge is 0.480 e. The second-order valence-corrected chi connectivity index (χ2v) is 4.82. The van der Waals surface area contributed by atoms with Gasteiger partial charge < -0.3 is 10.0 Å². The molecule has 94 valence electrons. The van der Waals surface area contributed by atoms with Crippen molar-refractivity contribution in [3.05, 3.63) is 0 Å². The SMILES string of the molecule is CCC(C(=O)O)N(C)C1CCCN(C)CC1. The topological polar surface area (TPSA) is 43.8 Å². The van der Waals surface area contributed by atoms with E-state index in [-0.39, 0.29) is 6.04 Å². The standard InChI is InChI=1S/C12H24N2O2/c1-4-11(12(15)16)14(3)10-6-5-8-13(2)9-7-10/h10-11H,4-9H2,1-3H3,(H,15,16). The fourth-order valence-electron chi connectivity index (χ4n) is 2.52. The molecule has 1 fully saturated rings. The van der Waals surface area contributed by atoms with Crippen LogP contribution in [0, 0.1) is 0 Å². The van der Waals surface area contributed by atoms with E-state index in [4.69, 9.17) is 5.11 Å². The van der Waals surface area contributed by atoms with E-state index in [9.17, 15) is 4.79 Å². The van der Waals surface area contributed by atoms with Crippen LogP contribution in [0.5, 0.6) is 0 Å². The summed E-state index contributed by atoms with van der Waals surface area (Å²) < 4.78 is 0. The smallest absolute Gasteiger partial charge is 0.320 e. The number of carboxylic acids is 1. The van der Waals surface area contributed by atoms with Crippen molar-refractivity contribution >= 4 is 5.97 Å². The van der Waals surface area contributed by atoms with Crippen molar-refractivity contribution in [1.29, 1.82) is 0 Å². The van der Waals surface area contributed by atoms with Gasteiger partial charge in [0.05, 0.1) is 0 Å². The Hall–Kier alpha value is -0.610. The zero-order valence-corrected chi connectivity index (χ0v) is 10.6. The summed E-state index contributed by atoms with van der Waals surface area (Å²) in [7, 11) is 4.09. The summed E-state index contributed by atoms with van der Waals surface area (Å²) in [5.74, 6) is -0.692. The number of hydrogen-bond acceptors (Lipinski definition) is 3. The second kappa shape index (κ2) is 6.21. The van der Waals surface area contributed by atoms with E-state index < -0.39 is 5.97 Å². The Morgan fingerprint density at radius 3 is 2.75 bits per heavy atom. The molecule has 0 aromatic heterocycles. The highest BCUT2D eigenvalue weighted by Crippen LogP contribution is 2.18. The second-order valence-electron chi connectivity index (χ2n) is 4.82. The zero-order valence-electron chi connectivity index (χ0n) is 10.6. The van der Waals surface area contributed by atoms with Crippen molar-refractivity contribution in [1.82, 2.24) is 9.80 Å². The lowest BCUT2D eigenvalue weighted by Gasteiger charge is -2.31. The van der Waals surface area contributed by atoms with Gasteiger partial charge in [0.15, 0.2) is 0 Å². The number of carboxylic acid groups (broad SMARTS) is 1. The van der Waals surface area contributed by atoms with Crippen LogP contribution in [0.4, 0.5) is 0 Å². The van der Waals surface area contributed by atoms with Crippen LogP contribution in [-0.4, -0.2) is 60.1 Å². The first-order valence-corrected chi connectivity index (χ1v) is 6.19. The molecule has 1 aliphatic rings. The molecule has 0 aromatic rings. The maximum absolute atomic E-state index is 11.1. The van der Waals surface area contributed by atoms with Gasteiger partial charge in [-0.15, -0.1) is 0 Å². The number of nitrogens with zero attached hydrogens (tertiary/aromatic N) is 2. The van der Waals surface area contributed by atoms with Crippen LogP contribution in [0.3, 0.4) is 0 Å². The van der Waals surface area contributed by atoms with Crippen molar-refractivity contribution in [3.63, 3.8) is 0 Å². The molecule has 1 heterocycles. The molecular formula is C12H24N2O2. The minimum Gasteiger partial charge on any atom is -0.480 e. The van der Waals surface area contributed by atoms with E-state index in [0.29, 0.717) is 12.5 Å². The summed E-state index contributed by atoms with van der Waals surface area (Å²) in [6.45, 7) is 4.15. The molecule has 2 atom stereocenters. The van der Waals surface area contributed by atoms with Gasteiger partial charge in [-0.2, -0.15) is 0 Å². The van der Waals surface area contributed by atoms with Gasteiger partial charge >= 0.3 is 5.97 Å². The number of aliphatic carboxylic acids is 1. The molecule has 0 radical (unpaired) electrons. The van der Waals surface area contributed by atoms with Gasteiger partial charge in [0.25, 0.3) is 0 Å². The molecular weight excluding hydrogens is 204 g/mol. The first kappa shape index (κ1) is 13.5. The number of rotatable bonds is 4. The summed E-state index contributed by atoms with van der Waals surface area (Å²) in [4.78, 5) is 15.5. The fraction of sp³-hybridized carbons (Fsp3) is 0.917. The minimum absolute atomic E-state index is 0.326. The molecule has 0 saturated carbocycles. The van der Waals surface area contributed by atoms with Crippen molar-refractivity contribution in [2.75, 3.05) is 27.2 Å². The molecule has 0 amide bonds. The Morgan fingerprint density at radius 2 is 2.19 bits per heavy atom. The lowest BCUT2D eigenvalue weighted by Crippen LogP contribution is -2.44. The van der Waals surface area contributed by atoms with E-state index >= 15 is 0 Å². The highest BCUT2D eigenvalue weighted by molar-refractivity contribution is 5.73. The Morgan fingerprint density at radius 1 is 1.50 bits per heavy atom. The lowest BCUT2D eigenvalue weighted by molar-refractivity contribution is -0.143. The summed E-state index contributed by atoms with van der Waals surface area (Å²) in [5.41, 5.74) is 0. The monoisotopic (exact) mass is 228 g/mol. The third kappa shape index (κ3) is 3.46. The Labute approximate surface area is 98.2 Å². The normalized spacial score (nSPS) is 25.4. The molecule has 0 spiro atoms. The Bertz CT molecular complexity index is 233. The molecule has 1 rings (SSSR count). The minimum atomic E-state index is -0.692. The third-order valence-corrected chi connectivity index (χ3v) is 3.66. The summed E-state index contributed by atoms with van der Waals surface area (Å²) in [6, 6.07) is 0.0967. The molecule has 0 aromatic carbocycles. The third-order valence-electron chi connectivity index (χ3n) is 3.66. The number of likely N-dealkylation sites (tertiary alicyclic amines) is 1. The van der Waals surface area contributed by atoms with Gasteiger partial charge in [-0.25, -0.2) is 0 Å². The molecule has 2 unspecified atom stereocenters. The Balaban J connectivity index is 2.57. The predicted octanol–water partition coefficient (Wildman–Crippen LogP) is 1.27. The Kier molecular flexibility index (Phi) is 5.22. The first-order valence-electron chi connectivity index (χ1n) is 6.19. The maximum atomic E-state index is 11.1. The van der Waals surface area contributed by atoms with E-state index in [2.05, 4.69) is 16.8 Å². The molecule has 16 heavy (non-hydrogen) atoms. The van der Waals surface area contributed by atoms with Gasteiger partial charge in [-0.3, -0.25) is 9.69 Å². The molecule has 1 aliphatic heterocycles. The maximum Gasteiger partial charge on any atom is 0.320 e. The van der Waals surface area contributed by atoms with E-state index in [1.165, 1.54) is 6.42 Å². The number of carbonyl (C=O) groups is 1. The molecule has 4 heteroatoms. The van der Waals surface area contributed by atoms with Gasteiger partial charge in [0, 0.05) is 6.04 Å². The molecule has 1 saturated heterocycles. The highest BCUT2D eigenvalue weighted by atomic mass is 16.4. The van der Waals surface area contributed by atoms with Crippen LogP contribution in [0.1, 0.15) is 32.6 Å². The van der Waals surface area contributed by atoms with Gasteiger partial charge in [0.1, 0.15) is 6.04 Å². The van der Waals surface area contributed by atoms with Crippen molar-refractivity contribution in [2.24, 2.45) is 0 Å². The number of hydrogen-bond donors (Lipinski definition) is 1. The van der Waals surface area contributed by atoms with Crippen LogP contribution in [0.25, 0.3) is 0 Å². The highest BCUT2D eigenvalue weighted by Gasteiger charge is 2.27. The zero-order chi connectivity index (χ0) is 12.1. The average molecular weight is 228 g/mol. The van der Waals surface area contributed by atoms with Crippen LogP contribution < -0.4 is 0 Å². The summed E-state index contributed by atoms with van der Waals surface area (Å²) in [5, 5.41) is 9.14. The van der Waals surface area contributed by atoms with Crippen LogP contribution in [0.15, 0.2) is 0 Å². The molecule has 0 bridgehead atoms. The van der Waals surface area contributed by atoms with E-state index in [0.717, 1.165) is 25.9 Å². The van der Waals surface area contributed by atoms with Crippen LogP contribution in [0.2, 0.25) is 0 Å². The first-order chi connectivity index (χ1) is 7.56. The van der Waals surface area contributed by atoms with E-state index in [1.54, 1.807) is 0 Å². The van der Waals surface area contributed by atoms with Crippen LogP contribution in [-0.2, 0) is 4.79 Å². The fourth-order valence-corrected chi connectivity index (χ4v) is 2.52. The molecule has 1 N–H and O–H groups in total. The number of likely N-dealkylation sites (N-methyl/N-ethyl adjacent to an activating group) is 1.